The topological polar surface area (TPSA) is 139 Å². The van der Waals surface area contributed by atoms with E-state index in [1.165, 1.54) is 62.8 Å². The molecule has 0 saturated heterocycles. The first-order valence-corrected chi connectivity index (χ1v) is 8.26. The second-order valence-corrected chi connectivity index (χ2v) is 5.92. The van der Waals surface area contributed by atoms with E-state index < -0.39 is 35.6 Å². The zero-order valence-corrected chi connectivity index (χ0v) is 15.4. The number of ether oxygens (including phenoxy) is 2. The molecule has 28 heavy (non-hydrogen) atoms. The molecule has 2 atom stereocenters. The largest absolute Gasteiger partial charge is 0.465 e. The van der Waals surface area contributed by atoms with Gasteiger partial charge < -0.3 is 20.9 Å². The summed E-state index contributed by atoms with van der Waals surface area (Å²) >= 11 is 0. The van der Waals surface area contributed by atoms with Crippen molar-refractivity contribution in [3.05, 3.63) is 70.8 Å². The summed E-state index contributed by atoms with van der Waals surface area (Å²) < 4.78 is 9.18. The summed E-state index contributed by atoms with van der Waals surface area (Å²) in [6.07, 6.45) is 0. The number of methoxy groups -OCH3 is 2. The number of hydrogen-bond acceptors (Lipinski definition) is 8. The van der Waals surface area contributed by atoms with Gasteiger partial charge in [0.25, 0.3) is 0 Å². The SMILES string of the molecule is COC(=O)c1ccc(C(=O)C(N)C(N)C(=O)c2ccc(C(=O)OC)cc2)cc1. The molecule has 2 rings (SSSR count). The quantitative estimate of drug-likeness (QED) is 0.532. The molecule has 0 amide bonds. The van der Waals surface area contributed by atoms with Gasteiger partial charge in [-0.15, -0.1) is 0 Å². The molecule has 4 N–H and O–H groups in total. The van der Waals surface area contributed by atoms with Crippen molar-refractivity contribution in [3.63, 3.8) is 0 Å². The summed E-state index contributed by atoms with van der Waals surface area (Å²) in [5.74, 6) is -2.15. The van der Waals surface area contributed by atoms with Gasteiger partial charge in [-0.2, -0.15) is 0 Å². The molecule has 0 saturated carbocycles. The van der Waals surface area contributed by atoms with Crippen molar-refractivity contribution in [2.75, 3.05) is 14.2 Å². The first-order chi connectivity index (χ1) is 13.3. The molecule has 0 fully saturated rings. The van der Waals surface area contributed by atoms with Crippen LogP contribution in [0.3, 0.4) is 0 Å². The van der Waals surface area contributed by atoms with Gasteiger partial charge in [-0.1, -0.05) is 24.3 Å². The lowest BCUT2D eigenvalue weighted by Crippen LogP contribution is -2.51. The van der Waals surface area contributed by atoms with Crippen LogP contribution in [0.25, 0.3) is 0 Å². The molecule has 2 unspecified atom stereocenters. The van der Waals surface area contributed by atoms with Crippen LogP contribution >= 0.6 is 0 Å². The smallest absolute Gasteiger partial charge is 0.337 e. The van der Waals surface area contributed by atoms with Crippen molar-refractivity contribution in [2.45, 2.75) is 12.1 Å². The molecule has 0 aliphatic rings. The third kappa shape index (κ3) is 4.48. The average molecular weight is 384 g/mol. The van der Waals surface area contributed by atoms with Crippen molar-refractivity contribution in [3.8, 4) is 0 Å². The number of carbonyl (C=O) groups is 4. The molecule has 0 bridgehead atoms. The number of benzene rings is 2. The molecule has 0 heterocycles. The normalized spacial score (nSPS) is 12.6. The Morgan fingerprint density at radius 3 is 1.11 bits per heavy atom. The van der Waals surface area contributed by atoms with Crippen molar-refractivity contribution >= 4 is 23.5 Å². The van der Waals surface area contributed by atoms with E-state index >= 15 is 0 Å². The molecule has 0 radical (unpaired) electrons. The van der Waals surface area contributed by atoms with E-state index in [-0.39, 0.29) is 22.3 Å². The van der Waals surface area contributed by atoms with Gasteiger partial charge in [-0.25, -0.2) is 9.59 Å². The Hall–Kier alpha value is -3.36. The number of ketones is 2. The minimum Gasteiger partial charge on any atom is -0.465 e. The molecular formula is C20H20N2O6. The van der Waals surface area contributed by atoms with Gasteiger partial charge in [0.15, 0.2) is 11.6 Å². The molecule has 2 aromatic rings. The summed E-state index contributed by atoms with van der Waals surface area (Å²) in [6.45, 7) is 0. The Labute approximate surface area is 161 Å². The first kappa shape index (κ1) is 20.9. The van der Waals surface area contributed by atoms with Gasteiger partial charge >= 0.3 is 11.9 Å². The lowest BCUT2D eigenvalue weighted by Gasteiger charge is -2.18. The van der Waals surface area contributed by atoms with E-state index in [0.29, 0.717) is 0 Å². The highest BCUT2D eigenvalue weighted by molar-refractivity contribution is 6.08. The van der Waals surface area contributed by atoms with Gasteiger partial charge in [-0.05, 0) is 24.3 Å². The Balaban J connectivity index is 2.13. The molecule has 0 aromatic heterocycles. The third-order valence-corrected chi connectivity index (χ3v) is 4.17. The average Bonchev–Trinajstić information content (AvgIpc) is 2.76. The molecule has 2 aromatic carbocycles. The van der Waals surface area contributed by atoms with Crippen LogP contribution in [0.1, 0.15) is 41.4 Å². The fraction of sp³-hybridized carbons (Fsp3) is 0.200. The fourth-order valence-electron chi connectivity index (χ4n) is 2.49. The minimum atomic E-state index is -1.28. The lowest BCUT2D eigenvalue weighted by molar-refractivity contribution is 0.0592. The van der Waals surface area contributed by atoms with Crippen LogP contribution < -0.4 is 11.5 Å². The van der Waals surface area contributed by atoms with E-state index in [2.05, 4.69) is 9.47 Å². The maximum absolute atomic E-state index is 12.5. The maximum Gasteiger partial charge on any atom is 0.337 e. The highest BCUT2D eigenvalue weighted by Crippen LogP contribution is 2.12. The Bertz CT molecular complexity index is 814. The molecule has 146 valence electrons. The number of Topliss-reactive ketones (excluding diaryl/α,β-unsaturated/α-hetero) is 2. The van der Waals surface area contributed by atoms with Crippen LogP contribution in [0.15, 0.2) is 48.5 Å². The number of carbonyl (C=O) groups excluding carboxylic acids is 4. The zero-order chi connectivity index (χ0) is 20.8. The predicted molar refractivity (Wildman–Crippen MR) is 100 cm³/mol. The van der Waals surface area contributed by atoms with Gasteiger partial charge in [0.1, 0.15) is 0 Å². The van der Waals surface area contributed by atoms with E-state index in [9.17, 15) is 19.2 Å². The van der Waals surface area contributed by atoms with Crippen molar-refractivity contribution in [2.24, 2.45) is 11.5 Å². The number of hydrogen-bond donors (Lipinski definition) is 2. The molecular weight excluding hydrogens is 364 g/mol. The zero-order valence-electron chi connectivity index (χ0n) is 15.4. The van der Waals surface area contributed by atoms with Crippen LogP contribution in [0.4, 0.5) is 0 Å². The minimum absolute atomic E-state index is 0.212. The van der Waals surface area contributed by atoms with Crippen molar-refractivity contribution < 1.29 is 28.7 Å². The summed E-state index contributed by atoms with van der Waals surface area (Å²) in [5, 5.41) is 0. The lowest BCUT2D eigenvalue weighted by atomic mass is 9.92. The van der Waals surface area contributed by atoms with E-state index in [4.69, 9.17) is 11.5 Å². The number of nitrogens with two attached hydrogens (primary N) is 2. The second kappa shape index (κ2) is 9.03. The van der Waals surface area contributed by atoms with Gasteiger partial charge in [0.2, 0.25) is 0 Å². The van der Waals surface area contributed by atoms with Crippen LogP contribution in [0.5, 0.6) is 0 Å². The maximum atomic E-state index is 12.5. The van der Waals surface area contributed by atoms with Crippen molar-refractivity contribution in [1.29, 1.82) is 0 Å². The highest BCUT2D eigenvalue weighted by atomic mass is 16.5. The monoisotopic (exact) mass is 384 g/mol. The summed E-state index contributed by atoms with van der Waals surface area (Å²) in [5.41, 5.74) is 12.8. The van der Waals surface area contributed by atoms with Crippen LogP contribution in [0, 0.1) is 0 Å². The predicted octanol–water partition coefficient (Wildman–Crippen LogP) is 0.980. The molecule has 0 spiro atoms. The van der Waals surface area contributed by atoms with E-state index in [0.717, 1.165) is 0 Å². The standard InChI is InChI=1S/C20H20N2O6/c1-27-19(25)13-7-3-11(4-8-13)17(23)15(21)16(22)18(24)12-5-9-14(10-6-12)20(26)28-2/h3-10,15-16H,21-22H2,1-2H3. The first-order valence-electron chi connectivity index (χ1n) is 8.26. The van der Waals surface area contributed by atoms with Crippen LogP contribution in [-0.2, 0) is 9.47 Å². The Morgan fingerprint density at radius 2 is 0.857 bits per heavy atom. The molecule has 0 aliphatic heterocycles. The van der Waals surface area contributed by atoms with E-state index in [1.807, 2.05) is 0 Å². The van der Waals surface area contributed by atoms with Gasteiger partial charge in [0, 0.05) is 11.1 Å². The fourth-order valence-corrected chi connectivity index (χ4v) is 2.49. The van der Waals surface area contributed by atoms with Crippen LogP contribution in [0.2, 0.25) is 0 Å². The number of rotatable bonds is 7. The second-order valence-electron chi connectivity index (χ2n) is 5.92. The van der Waals surface area contributed by atoms with E-state index in [1.54, 1.807) is 0 Å². The Morgan fingerprint density at radius 1 is 0.607 bits per heavy atom. The number of esters is 2. The van der Waals surface area contributed by atoms with Gasteiger partial charge in [0.05, 0.1) is 37.4 Å². The highest BCUT2D eigenvalue weighted by Gasteiger charge is 2.29. The third-order valence-electron chi connectivity index (χ3n) is 4.17. The molecule has 0 aliphatic carbocycles. The van der Waals surface area contributed by atoms with Crippen LogP contribution in [-0.4, -0.2) is 49.8 Å². The van der Waals surface area contributed by atoms with Crippen molar-refractivity contribution in [1.82, 2.24) is 0 Å². The van der Waals surface area contributed by atoms with Gasteiger partial charge in [-0.3, -0.25) is 9.59 Å². The Kier molecular flexibility index (Phi) is 6.75. The summed E-state index contributed by atoms with van der Waals surface area (Å²) in [4.78, 5) is 47.9. The molecule has 8 nitrogen and oxygen atoms in total. The summed E-state index contributed by atoms with van der Waals surface area (Å²) in [6, 6.07) is 8.78. The summed E-state index contributed by atoms with van der Waals surface area (Å²) in [7, 11) is 2.50. The molecule has 8 heteroatoms.